The Hall–Kier alpha value is -3.16. The van der Waals surface area contributed by atoms with Crippen molar-refractivity contribution in [3.63, 3.8) is 0 Å². The lowest BCUT2D eigenvalue weighted by molar-refractivity contribution is 0.0693. The number of nitrogens with zero attached hydrogens (tertiary/aromatic N) is 2. The van der Waals surface area contributed by atoms with Crippen LogP contribution in [-0.2, 0) is 10.0 Å². The average molecular weight is 437 g/mol. The zero-order valence-corrected chi connectivity index (χ0v) is 18.2. The van der Waals surface area contributed by atoms with Gasteiger partial charge in [0, 0.05) is 18.7 Å². The third-order valence-corrected chi connectivity index (χ3v) is 7.32. The minimum absolute atomic E-state index is 0.206. The van der Waals surface area contributed by atoms with Crippen LogP contribution in [0, 0.1) is 6.92 Å². The standard InChI is InChI=1S/C24H24N2O4S/c1-18-8-14-22(15-9-18)31(28,29)26-17-16-25(24(27)20-6-4-3-5-7-20)23(26)19-10-12-21(30-2)13-11-19/h3-15,23H,16-17H2,1-2H3. The lowest BCUT2D eigenvalue weighted by Gasteiger charge is -2.30. The summed E-state index contributed by atoms with van der Waals surface area (Å²) in [5.41, 5.74) is 2.21. The van der Waals surface area contributed by atoms with Crippen molar-refractivity contribution < 1.29 is 17.9 Å². The molecule has 3 aromatic rings. The number of hydrogen-bond donors (Lipinski definition) is 0. The van der Waals surface area contributed by atoms with Gasteiger partial charge in [-0.3, -0.25) is 4.79 Å². The maximum atomic E-state index is 13.5. The molecule has 31 heavy (non-hydrogen) atoms. The van der Waals surface area contributed by atoms with Crippen molar-refractivity contribution in [2.75, 3.05) is 20.2 Å². The number of amides is 1. The summed E-state index contributed by atoms with van der Waals surface area (Å²) in [6, 6.07) is 22.8. The summed E-state index contributed by atoms with van der Waals surface area (Å²) in [7, 11) is -2.24. The van der Waals surface area contributed by atoms with Gasteiger partial charge in [0.2, 0.25) is 10.0 Å². The number of aryl methyl sites for hydroxylation is 1. The maximum Gasteiger partial charge on any atom is 0.255 e. The quantitative estimate of drug-likeness (QED) is 0.609. The second-order valence-electron chi connectivity index (χ2n) is 7.44. The van der Waals surface area contributed by atoms with Gasteiger partial charge in [-0.05, 0) is 48.9 Å². The highest BCUT2D eigenvalue weighted by molar-refractivity contribution is 7.89. The minimum Gasteiger partial charge on any atom is -0.497 e. The third kappa shape index (κ3) is 4.06. The molecule has 6 nitrogen and oxygen atoms in total. The fraction of sp³-hybridized carbons (Fsp3) is 0.208. The molecule has 0 N–H and O–H groups in total. The van der Waals surface area contributed by atoms with Gasteiger partial charge >= 0.3 is 0 Å². The second kappa shape index (κ2) is 8.53. The van der Waals surface area contributed by atoms with E-state index in [0.717, 1.165) is 5.56 Å². The molecular formula is C24H24N2O4S. The van der Waals surface area contributed by atoms with Gasteiger partial charge in [-0.2, -0.15) is 4.31 Å². The van der Waals surface area contributed by atoms with E-state index in [9.17, 15) is 13.2 Å². The predicted molar refractivity (Wildman–Crippen MR) is 118 cm³/mol. The highest BCUT2D eigenvalue weighted by Crippen LogP contribution is 2.36. The molecule has 1 unspecified atom stereocenters. The van der Waals surface area contributed by atoms with Crippen molar-refractivity contribution in [1.82, 2.24) is 9.21 Å². The van der Waals surface area contributed by atoms with Crippen molar-refractivity contribution in [2.24, 2.45) is 0 Å². The average Bonchev–Trinajstić information content (AvgIpc) is 3.25. The van der Waals surface area contributed by atoms with E-state index < -0.39 is 16.2 Å². The lowest BCUT2D eigenvalue weighted by Crippen LogP contribution is -2.38. The van der Waals surface area contributed by atoms with Gasteiger partial charge in [0.25, 0.3) is 5.91 Å². The number of methoxy groups -OCH3 is 1. The molecule has 7 heteroatoms. The van der Waals surface area contributed by atoms with E-state index in [4.69, 9.17) is 4.74 Å². The van der Waals surface area contributed by atoms with Gasteiger partial charge in [0.1, 0.15) is 11.9 Å². The van der Waals surface area contributed by atoms with E-state index in [2.05, 4.69) is 0 Å². The summed E-state index contributed by atoms with van der Waals surface area (Å²) in [6.07, 6.45) is -0.745. The fourth-order valence-corrected chi connectivity index (χ4v) is 5.36. The van der Waals surface area contributed by atoms with Crippen molar-refractivity contribution in [1.29, 1.82) is 0 Å². The van der Waals surface area contributed by atoms with Crippen molar-refractivity contribution >= 4 is 15.9 Å². The molecule has 3 aromatic carbocycles. The van der Waals surface area contributed by atoms with Crippen LogP contribution in [0.2, 0.25) is 0 Å². The van der Waals surface area contributed by atoms with Crippen LogP contribution >= 0.6 is 0 Å². The van der Waals surface area contributed by atoms with E-state index in [-0.39, 0.29) is 17.3 Å². The molecule has 0 aromatic heterocycles. The zero-order valence-electron chi connectivity index (χ0n) is 17.4. The van der Waals surface area contributed by atoms with Crippen molar-refractivity contribution in [3.8, 4) is 5.75 Å². The first-order valence-electron chi connectivity index (χ1n) is 10.0. The number of carbonyl (C=O) groups is 1. The summed E-state index contributed by atoms with van der Waals surface area (Å²) in [6.45, 7) is 2.42. The summed E-state index contributed by atoms with van der Waals surface area (Å²) in [4.78, 5) is 15.1. The first-order chi connectivity index (χ1) is 14.9. The third-order valence-electron chi connectivity index (χ3n) is 5.45. The van der Waals surface area contributed by atoms with E-state index >= 15 is 0 Å². The Kier molecular flexibility index (Phi) is 5.80. The largest absolute Gasteiger partial charge is 0.497 e. The van der Waals surface area contributed by atoms with Gasteiger partial charge in [-0.15, -0.1) is 0 Å². The lowest BCUT2D eigenvalue weighted by atomic mass is 10.1. The van der Waals surface area contributed by atoms with Crippen LogP contribution in [0.25, 0.3) is 0 Å². The van der Waals surface area contributed by atoms with Gasteiger partial charge in [0.05, 0.1) is 12.0 Å². The fourth-order valence-electron chi connectivity index (χ4n) is 3.79. The molecule has 0 aliphatic carbocycles. The number of ether oxygens (including phenoxy) is 1. The molecule has 1 saturated heterocycles. The molecule has 0 bridgehead atoms. The Morgan fingerprint density at radius 1 is 0.903 bits per heavy atom. The number of rotatable bonds is 5. The van der Waals surface area contributed by atoms with E-state index in [0.29, 0.717) is 23.4 Å². The van der Waals surface area contributed by atoms with Crippen LogP contribution in [0.3, 0.4) is 0 Å². The topological polar surface area (TPSA) is 66.9 Å². The van der Waals surface area contributed by atoms with Gasteiger partial charge in [-0.1, -0.05) is 48.0 Å². The molecule has 0 spiro atoms. The van der Waals surface area contributed by atoms with Crippen LogP contribution in [0.15, 0.2) is 83.8 Å². The Balaban J connectivity index is 1.77. The molecule has 0 saturated carbocycles. The molecule has 1 aliphatic rings. The number of benzene rings is 3. The molecule has 1 heterocycles. The molecule has 4 rings (SSSR count). The number of carbonyl (C=O) groups excluding carboxylic acids is 1. The van der Waals surface area contributed by atoms with Gasteiger partial charge in [-0.25, -0.2) is 8.42 Å². The number of sulfonamides is 1. The Labute approximate surface area is 182 Å². The molecule has 1 atom stereocenters. The van der Waals surface area contributed by atoms with Gasteiger partial charge < -0.3 is 9.64 Å². The van der Waals surface area contributed by atoms with Crippen LogP contribution in [-0.4, -0.2) is 43.7 Å². The molecular weight excluding hydrogens is 412 g/mol. The Bertz CT molecular complexity index is 1160. The molecule has 1 aliphatic heterocycles. The van der Waals surface area contributed by atoms with Crippen LogP contribution < -0.4 is 4.74 Å². The summed E-state index contributed by atoms with van der Waals surface area (Å²) >= 11 is 0. The maximum absolute atomic E-state index is 13.5. The summed E-state index contributed by atoms with van der Waals surface area (Å²) in [5.74, 6) is 0.457. The van der Waals surface area contributed by atoms with E-state index in [1.807, 2.05) is 13.0 Å². The first-order valence-corrected chi connectivity index (χ1v) is 11.4. The van der Waals surface area contributed by atoms with Gasteiger partial charge in [0.15, 0.2) is 0 Å². The smallest absolute Gasteiger partial charge is 0.255 e. The van der Waals surface area contributed by atoms with E-state index in [1.165, 1.54) is 4.31 Å². The highest BCUT2D eigenvalue weighted by Gasteiger charge is 2.43. The first kappa shape index (κ1) is 21.1. The van der Waals surface area contributed by atoms with Crippen molar-refractivity contribution in [3.05, 3.63) is 95.6 Å². The van der Waals surface area contributed by atoms with Crippen molar-refractivity contribution in [2.45, 2.75) is 18.0 Å². The van der Waals surface area contributed by atoms with Crippen LogP contribution in [0.1, 0.15) is 27.7 Å². The number of hydrogen-bond acceptors (Lipinski definition) is 4. The van der Waals surface area contributed by atoms with Crippen LogP contribution in [0.4, 0.5) is 0 Å². The zero-order chi connectivity index (χ0) is 22.0. The highest BCUT2D eigenvalue weighted by atomic mass is 32.2. The summed E-state index contributed by atoms with van der Waals surface area (Å²) < 4.78 is 33.7. The Morgan fingerprint density at radius 2 is 1.55 bits per heavy atom. The summed E-state index contributed by atoms with van der Waals surface area (Å²) in [5, 5.41) is 0. The molecule has 1 amide bonds. The second-order valence-corrected chi connectivity index (χ2v) is 9.33. The Morgan fingerprint density at radius 3 is 2.16 bits per heavy atom. The minimum atomic E-state index is -3.81. The molecule has 0 radical (unpaired) electrons. The molecule has 160 valence electrons. The van der Waals surface area contributed by atoms with E-state index in [1.54, 1.807) is 84.8 Å². The monoisotopic (exact) mass is 436 g/mol. The normalized spacial score (nSPS) is 17.0. The molecule has 1 fully saturated rings. The van der Waals surface area contributed by atoms with Crippen LogP contribution in [0.5, 0.6) is 5.75 Å². The predicted octanol–water partition coefficient (Wildman–Crippen LogP) is 3.85. The SMILES string of the molecule is COc1ccc(C2N(C(=O)c3ccccc3)CCN2S(=O)(=O)c2ccc(C)cc2)cc1.